The van der Waals surface area contributed by atoms with Gasteiger partial charge in [0.2, 0.25) is 5.91 Å². The van der Waals surface area contributed by atoms with Crippen LogP contribution in [0.4, 0.5) is 10.6 Å². The number of carbonyl (C=O) groups is 2. The molecule has 2 aliphatic rings. The highest BCUT2D eigenvalue weighted by molar-refractivity contribution is 5.89. The number of anilines is 1. The number of nitrogens with zero attached hydrogens (tertiary/aromatic N) is 5. The SMILES string of the molecule is CC1CN(C(=O)Nc2ccn(-c3ccc(CN4CCC([C@H](C)N)CC4)cc3)c(=O)n2)CCN1C(=O)C(C)(C)N.Cl. The van der Waals surface area contributed by atoms with Crippen LogP contribution in [-0.4, -0.2) is 86.5 Å². The first-order chi connectivity index (χ1) is 18.4. The van der Waals surface area contributed by atoms with Gasteiger partial charge in [0.25, 0.3) is 0 Å². The fraction of sp³-hybridized carbons (Fsp3) is 0.571. The van der Waals surface area contributed by atoms with Gasteiger partial charge in [0.15, 0.2) is 0 Å². The summed E-state index contributed by atoms with van der Waals surface area (Å²) in [5.41, 5.74) is 12.5. The molecule has 1 aromatic carbocycles. The number of carbonyl (C=O) groups excluding carboxylic acids is 2. The maximum absolute atomic E-state index is 12.8. The van der Waals surface area contributed by atoms with Gasteiger partial charge in [-0.25, -0.2) is 9.59 Å². The van der Waals surface area contributed by atoms with Crippen LogP contribution in [0, 0.1) is 5.92 Å². The molecule has 2 aliphatic heterocycles. The Labute approximate surface area is 242 Å². The topological polar surface area (TPSA) is 143 Å². The van der Waals surface area contributed by atoms with Crippen LogP contribution in [0.25, 0.3) is 5.69 Å². The van der Waals surface area contributed by atoms with Crippen molar-refractivity contribution < 1.29 is 9.59 Å². The van der Waals surface area contributed by atoms with Crippen LogP contribution in [0.3, 0.4) is 0 Å². The van der Waals surface area contributed by atoms with E-state index in [0.717, 1.165) is 32.5 Å². The molecule has 12 heteroatoms. The number of rotatable bonds is 6. The molecule has 4 rings (SSSR count). The summed E-state index contributed by atoms with van der Waals surface area (Å²) in [6.07, 6.45) is 3.86. The van der Waals surface area contributed by atoms with Gasteiger partial charge in [0.05, 0.1) is 11.2 Å². The molecule has 0 aliphatic carbocycles. The maximum Gasteiger partial charge on any atom is 0.354 e. The van der Waals surface area contributed by atoms with E-state index < -0.39 is 11.2 Å². The summed E-state index contributed by atoms with van der Waals surface area (Å²) < 4.78 is 1.45. The number of urea groups is 1. The smallest absolute Gasteiger partial charge is 0.335 e. The van der Waals surface area contributed by atoms with Gasteiger partial charge in [-0.05, 0) is 83.3 Å². The fourth-order valence-electron chi connectivity index (χ4n) is 5.33. The van der Waals surface area contributed by atoms with Crippen LogP contribution in [0.1, 0.15) is 46.1 Å². The lowest BCUT2D eigenvalue weighted by Crippen LogP contribution is -2.61. The van der Waals surface area contributed by atoms with E-state index in [1.54, 1.807) is 35.9 Å². The van der Waals surface area contributed by atoms with E-state index in [1.165, 1.54) is 10.1 Å². The summed E-state index contributed by atoms with van der Waals surface area (Å²) in [4.78, 5) is 48.0. The van der Waals surface area contributed by atoms with Crippen molar-refractivity contribution in [2.24, 2.45) is 17.4 Å². The van der Waals surface area contributed by atoms with Crippen molar-refractivity contribution in [3.63, 3.8) is 0 Å². The Bertz CT molecular complexity index is 1220. The Morgan fingerprint density at radius 1 is 1.10 bits per heavy atom. The number of piperazine rings is 1. The molecule has 2 atom stereocenters. The van der Waals surface area contributed by atoms with E-state index in [2.05, 4.69) is 22.1 Å². The number of hydrogen-bond donors (Lipinski definition) is 3. The molecule has 3 heterocycles. The largest absolute Gasteiger partial charge is 0.354 e. The Morgan fingerprint density at radius 2 is 1.75 bits per heavy atom. The average molecular weight is 575 g/mol. The molecule has 0 radical (unpaired) electrons. The number of likely N-dealkylation sites (tertiary alicyclic amines) is 1. The van der Waals surface area contributed by atoms with Crippen molar-refractivity contribution in [3.8, 4) is 5.69 Å². The van der Waals surface area contributed by atoms with Crippen LogP contribution in [0.15, 0.2) is 41.3 Å². The number of halogens is 1. The second-order valence-corrected chi connectivity index (χ2v) is 11.5. The minimum atomic E-state index is -0.965. The van der Waals surface area contributed by atoms with E-state index in [1.807, 2.05) is 31.2 Å². The van der Waals surface area contributed by atoms with Crippen molar-refractivity contribution in [2.75, 3.05) is 38.0 Å². The lowest BCUT2D eigenvalue weighted by atomic mass is 9.91. The Morgan fingerprint density at radius 3 is 2.30 bits per heavy atom. The third-order valence-corrected chi connectivity index (χ3v) is 7.76. The molecule has 2 saturated heterocycles. The normalized spacial score (nSPS) is 19.6. The summed E-state index contributed by atoms with van der Waals surface area (Å²) in [6, 6.07) is 9.21. The zero-order valence-electron chi connectivity index (χ0n) is 23.9. The third kappa shape index (κ3) is 7.60. The molecule has 3 amide bonds. The lowest BCUT2D eigenvalue weighted by Gasteiger charge is -2.42. The van der Waals surface area contributed by atoms with Gasteiger partial charge in [-0.2, -0.15) is 4.98 Å². The molecule has 0 saturated carbocycles. The summed E-state index contributed by atoms with van der Waals surface area (Å²) in [7, 11) is 0. The van der Waals surface area contributed by atoms with Gasteiger partial charge < -0.3 is 21.3 Å². The first kappa shape index (κ1) is 31.5. The summed E-state index contributed by atoms with van der Waals surface area (Å²) in [5, 5.41) is 2.71. The predicted molar refractivity (Wildman–Crippen MR) is 159 cm³/mol. The summed E-state index contributed by atoms with van der Waals surface area (Å²) in [6.45, 7) is 11.4. The Balaban J connectivity index is 0.00000441. The van der Waals surface area contributed by atoms with Gasteiger partial charge in [-0.1, -0.05) is 12.1 Å². The van der Waals surface area contributed by atoms with E-state index in [0.29, 0.717) is 31.2 Å². The zero-order chi connectivity index (χ0) is 28.3. The lowest BCUT2D eigenvalue weighted by molar-refractivity contribution is -0.139. The Hall–Kier alpha value is -2.99. The molecule has 40 heavy (non-hydrogen) atoms. The van der Waals surface area contributed by atoms with Gasteiger partial charge in [-0.15, -0.1) is 12.4 Å². The number of benzene rings is 1. The van der Waals surface area contributed by atoms with E-state index >= 15 is 0 Å². The van der Waals surface area contributed by atoms with Gasteiger partial charge >= 0.3 is 11.7 Å². The molecule has 220 valence electrons. The van der Waals surface area contributed by atoms with Crippen LogP contribution < -0.4 is 22.5 Å². The number of hydrogen-bond acceptors (Lipinski definition) is 7. The first-order valence-corrected chi connectivity index (χ1v) is 13.7. The highest BCUT2D eigenvalue weighted by Crippen LogP contribution is 2.21. The van der Waals surface area contributed by atoms with Crippen LogP contribution in [0.2, 0.25) is 0 Å². The molecule has 1 aromatic heterocycles. The number of aromatic nitrogens is 2. The van der Waals surface area contributed by atoms with Gasteiger partial charge in [-0.3, -0.25) is 19.6 Å². The predicted octanol–water partition coefficient (Wildman–Crippen LogP) is 2.02. The molecule has 5 N–H and O–H groups in total. The molecule has 0 spiro atoms. The van der Waals surface area contributed by atoms with Gasteiger partial charge in [0, 0.05) is 44.5 Å². The second kappa shape index (κ2) is 13.1. The minimum absolute atomic E-state index is 0. The van der Waals surface area contributed by atoms with E-state index in [-0.39, 0.29) is 42.2 Å². The molecular weight excluding hydrogens is 532 g/mol. The quantitative estimate of drug-likeness (QED) is 0.479. The molecular formula is C28H43ClN8O3. The van der Waals surface area contributed by atoms with Crippen LogP contribution in [-0.2, 0) is 11.3 Å². The van der Waals surface area contributed by atoms with Gasteiger partial charge in [0.1, 0.15) is 5.82 Å². The standard InChI is InChI=1S/C28H42N8O3.ClH/c1-19-17-34(15-16-35(19)25(37)28(3,4)30)26(38)31-24-11-14-36(27(39)32-24)23-7-5-21(6-8-23)18-33-12-9-22(10-13-33)20(2)29;/h5-8,11,14,19-20,22H,9-10,12-13,15-18,29-30H2,1-4H3,(H,31,32,38,39);1H/t19?,20-;/m0./s1. The molecule has 2 aromatic rings. The van der Waals surface area contributed by atoms with E-state index in [9.17, 15) is 14.4 Å². The van der Waals surface area contributed by atoms with Crippen molar-refractivity contribution in [1.29, 1.82) is 0 Å². The highest BCUT2D eigenvalue weighted by Gasteiger charge is 2.35. The Kier molecular flexibility index (Phi) is 10.3. The fourth-order valence-corrected chi connectivity index (χ4v) is 5.33. The minimum Gasteiger partial charge on any atom is -0.335 e. The number of nitrogens with two attached hydrogens (primary N) is 2. The number of piperidine rings is 1. The second-order valence-electron chi connectivity index (χ2n) is 11.5. The molecule has 11 nitrogen and oxygen atoms in total. The van der Waals surface area contributed by atoms with E-state index in [4.69, 9.17) is 11.5 Å². The van der Waals surface area contributed by atoms with Crippen LogP contribution >= 0.6 is 12.4 Å². The summed E-state index contributed by atoms with van der Waals surface area (Å²) >= 11 is 0. The molecule has 1 unspecified atom stereocenters. The monoisotopic (exact) mass is 574 g/mol. The van der Waals surface area contributed by atoms with Crippen molar-refractivity contribution >= 4 is 30.2 Å². The molecule has 2 fully saturated rings. The first-order valence-electron chi connectivity index (χ1n) is 13.7. The number of nitrogens with one attached hydrogen (secondary N) is 1. The average Bonchev–Trinajstić information content (AvgIpc) is 2.89. The van der Waals surface area contributed by atoms with Crippen molar-refractivity contribution in [2.45, 2.75) is 64.7 Å². The number of amides is 3. The maximum atomic E-state index is 12.8. The molecule has 0 bridgehead atoms. The van der Waals surface area contributed by atoms with Crippen LogP contribution in [0.5, 0.6) is 0 Å². The van der Waals surface area contributed by atoms with Crippen molar-refractivity contribution in [3.05, 3.63) is 52.6 Å². The summed E-state index contributed by atoms with van der Waals surface area (Å²) in [5.74, 6) is 0.640. The third-order valence-electron chi connectivity index (χ3n) is 7.76. The van der Waals surface area contributed by atoms with Crippen molar-refractivity contribution in [1.82, 2.24) is 24.3 Å². The zero-order valence-corrected chi connectivity index (χ0v) is 24.7. The highest BCUT2D eigenvalue weighted by atomic mass is 35.5.